The molecule has 1 amide bonds. The van der Waals surface area contributed by atoms with Gasteiger partial charge in [-0.05, 0) is 24.3 Å². The SMILES string of the molecule is CC(=O)N[C@@H](CSc1ccc(Cl)cc1)C(=O)O. The molecule has 1 atom stereocenters. The first kappa shape index (κ1) is 13.9. The zero-order valence-corrected chi connectivity index (χ0v) is 10.7. The number of benzene rings is 1. The molecule has 0 bridgehead atoms. The van der Waals surface area contributed by atoms with Crippen LogP contribution in [-0.4, -0.2) is 28.8 Å². The second-order valence-electron chi connectivity index (χ2n) is 3.36. The number of nitrogens with one attached hydrogen (secondary N) is 1. The minimum Gasteiger partial charge on any atom is -0.480 e. The molecule has 0 saturated heterocycles. The number of amides is 1. The summed E-state index contributed by atoms with van der Waals surface area (Å²) in [5, 5.41) is 11.9. The minimum absolute atomic E-state index is 0.274. The molecule has 1 aromatic rings. The molecule has 0 aromatic heterocycles. The van der Waals surface area contributed by atoms with Crippen molar-refractivity contribution in [3.8, 4) is 0 Å². The lowest BCUT2D eigenvalue weighted by molar-refractivity contribution is -0.140. The van der Waals surface area contributed by atoms with Gasteiger partial charge in [-0.3, -0.25) is 4.79 Å². The van der Waals surface area contributed by atoms with E-state index in [1.165, 1.54) is 18.7 Å². The molecule has 0 aliphatic rings. The number of carbonyl (C=O) groups is 2. The van der Waals surface area contributed by atoms with Gasteiger partial charge >= 0.3 is 5.97 Å². The van der Waals surface area contributed by atoms with Crippen LogP contribution in [0.5, 0.6) is 0 Å². The molecular weight excluding hydrogens is 262 g/mol. The quantitative estimate of drug-likeness (QED) is 0.806. The van der Waals surface area contributed by atoms with E-state index in [0.29, 0.717) is 5.02 Å². The van der Waals surface area contributed by atoms with Crippen molar-refractivity contribution >= 4 is 35.2 Å². The lowest BCUT2D eigenvalue weighted by Crippen LogP contribution is -2.41. The van der Waals surface area contributed by atoms with Gasteiger partial charge in [0.15, 0.2) is 0 Å². The molecule has 1 rings (SSSR count). The zero-order valence-electron chi connectivity index (χ0n) is 9.14. The molecule has 0 aliphatic heterocycles. The highest BCUT2D eigenvalue weighted by Crippen LogP contribution is 2.21. The topological polar surface area (TPSA) is 66.4 Å². The number of thioether (sulfide) groups is 1. The van der Waals surface area contributed by atoms with Gasteiger partial charge in [0.1, 0.15) is 6.04 Å². The Hall–Kier alpha value is -1.20. The van der Waals surface area contributed by atoms with E-state index in [2.05, 4.69) is 5.32 Å². The van der Waals surface area contributed by atoms with E-state index in [1.54, 1.807) is 24.3 Å². The number of carboxylic acid groups (broad SMARTS) is 1. The highest BCUT2D eigenvalue weighted by atomic mass is 35.5. The summed E-state index contributed by atoms with van der Waals surface area (Å²) in [4.78, 5) is 22.6. The van der Waals surface area contributed by atoms with E-state index in [0.717, 1.165) is 4.90 Å². The number of aliphatic carboxylic acids is 1. The molecular formula is C11H12ClNO3S. The van der Waals surface area contributed by atoms with E-state index in [4.69, 9.17) is 16.7 Å². The standard InChI is InChI=1S/C11H12ClNO3S/c1-7(14)13-10(11(15)16)6-17-9-4-2-8(12)3-5-9/h2-5,10H,6H2,1H3,(H,13,14)(H,15,16)/t10-/m0/s1. The zero-order chi connectivity index (χ0) is 12.8. The number of carbonyl (C=O) groups excluding carboxylic acids is 1. The Kier molecular flexibility index (Phi) is 5.31. The fourth-order valence-electron chi connectivity index (χ4n) is 1.13. The van der Waals surface area contributed by atoms with Gasteiger partial charge in [0.05, 0.1) is 0 Å². The van der Waals surface area contributed by atoms with E-state index in [1.807, 2.05) is 0 Å². The molecule has 0 fully saturated rings. The first-order valence-corrected chi connectivity index (χ1v) is 6.23. The van der Waals surface area contributed by atoms with Crippen molar-refractivity contribution < 1.29 is 14.7 Å². The molecule has 1 aromatic carbocycles. The summed E-state index contributed by atoms with van der Waals surface area (Å²) in [5.74, 6) is -1.12. The second-order valence-corrected chi connectivity index (χ2v) is 4.89. The van der Waals surface area contributed by atoms with Crippen LogP contribution in [0.3, 0.4) is 0 Å². The van der Waals surface area contributed by atoms with Crippen LogP contribution in [0, 0.1) is 0 Å². The normalized spacial score (nSPS) is 11.9. The molecule has 92 valence electrons. The Labute approximate surface area is 108 Å². The van der Waals surface area contributed by atoms with Gasteiger partial charge in [0.25, 0.3) is 0 Å². The average Bonchev–Trinajstić information content (AvgIpc) is 2.25. The van der Waals surface area contributed by atoms with Crippen molar-refractivity contribution in [1.29, 1.82) is 0 Å². The van der Waals surface area contributed by atoms with Gasteiger partial charge in [-0.25, -0.2) is 4.79 Å². The fourth-order valence-corrected chi connectivity index (χ4v) is 2.17. The molecule has 0 unspecified atom stereocenters. The van der Waals surface area contributed by atoms with Gasteiger partial charge in [0.2, 0.25) is 5.91 Å². The maximum atomic E-state index is 10.9. The van der Waals surface area contributed by atoms with Gasteiger partial charge in [-0.15, -0.1) is 11.8 Å². The number of hydrogen-bond acceptors (Lipinski definition) is 3. The number of rotatable bonds is 5. The minimum atomic E-state index is -1.04. The van der Waals surface area contributed by atoms with Gasteiger partial charge in [0, 0.05) is 22.6 Å². The third kappa shape index (κ3) is 5.10. The molecule has 0 radical (unpaired) electrons. The van der Waals surface area contributed by atoms with Crippen LogP contribution in [-0.2, 0) is 9.59 Å². The average molecular weight is 274 g/mol. The molecule has 2 N–H and O–H groups in total. The Morgan fingerprint density at radius 2 is 2.00 bits per heavy atom. The first-order chi connectivity index (χ1) is 7.99. The molecule has 6 heteroatoms. The van der Waals surface area contributed by atoms with E-state index in [9.17, 15) is 9.59 Å². The van der Waals surface area contributed by atoms with E-state index >= 15 is 0 Å². The fraction of sp³-hybridized carbons (Fsp3) is 0.273. The highest BCUT2D eigenvalue weighted by molar-refractivity contribution is 7.99. The van der Waals surface area contributed by atoms with Crippen molar-refractivity contribution in [3.63, 3.8) is 0 Å². The van der Waals surface area contributed by atoms with Crippen molar-refractivity contribution in [3.05, 3.63) is 29.3 Å². The maximum Gasteiger partial charge on any atom is 0.327 e. The molecule has 0 aliphatic carbocycles. The van der Waals surface area contributed by atoms with Crippen LogP contribution in [0.25, 0.3) is 0 Å². The Balaban J connectivity index is 2.54. The Morgan fingerprint density at radius 1 is 1.41 bits per heavy atom. The van der Waals surface area contributed by atoms with Gasteiger partial charge in [-0.1, -0.05) is 11.6 Å². The maximum absolute atomic E-state index is 10.9. The van der Waals surface area contributed by atoms with Crippen LogP contribution in [0.4, 0.5) is 0 Å². The predicted molar refractivity (Wildman–Crippen MR) is 67.4 cm³/mol. The second kappa shape index (κ2) is 6.51. The highest BCUT2D eigenvalue weighted by Gasteiger charge is 2.18. The van der Waals surface area contributed by atoms with Crippen LogP contribution >= 0.6 is 23.4 Å². The summed E-state index contributed by atoms with van der Waals surface area (Å²) in [5.41, 5.74) is 0. The monoisotopic (exact) mass is 273 g/mol. The van der Waals surface area contributed by atoms with E-state index < -0.39 is 12.0 Å². The van der Waals surface area contributed by atoms with E-state index in [-0.39, 0.29) is 11.7 Å². The molecule has 0 heterocycles. The summed E-state index contributed by atoms with van der Waals surface area (Å²) >= 11 is 7.09. The number of halogens is 1. The number of hydrogen-bond donors (Lipinski definition) is 2. The first-order valence-electron chi connectivity index (χ1n) is 4.87. The number of carboxylic acids is 1. The molecule has 0 spiro atoms. The smallest absolute Gasteiger partial charge is 0.327 e. The van der Waals surface area contributed by atoms with Crippen LogP contribution < -0.4 is 5.32 Å². The summed E-state index contributed by atoms with van der Waals surface area (Å²) in [6.07, 6.45) is 0. The lowest BCUT2D eigenvalue weighted by Gasteiger charge is -2.12. The Morgan fingerprint density at radius 3 is 2.47 bits per heavy atom. The molecule has 0 saturated carbocycles. The molecule has 4 nitrogen and oxygen atoms in total. The third-order valence-electron chi connectivity index (χ3n) is 1.91. The lowest BCUT2D eigenvalue weighted by atomic mass is 10.3. The predicted octanol–water partition coefficient (Wildman–Crippen LogP) is 2.02. The summed E-state index contributed by atoms with van der Waals surface area (Å²) in [6.45, 7) is 1.29. The van der Waals surface area contributed by atoms with Gasteiger partial charge < -0.3 is 10.4 Å². The molecule has 17 heavy (non-hydrogen) atoms. The third-order valence-corrected chi connectivity index (χ3v) is 3.26. The van der Waals surface area contributed by atoms with Crippen molar-refractivity contribution in [2.75, 3.05) is 5.75 Å². The van der Waals surface area contributed by atoms with Crippen molar-refractivity contribution in [1.82, 2.24) is 5.32 Å². The summed E-state index contributed by atoms with van der Waals surface area (Å²) in [7, 11) is 0. The summed E-state index contributed by atoms with van der Waals surface area (Å²) < 4.78 is 0. The van der Waals surface area contributed by atoms with Crippen molar-refractivity contribution in [2.24, 2.45) is 0 Å². The van der Waals surface area contributed by atoms with Crippen LogP contribution in [0.2, 0.25) is 5.02 Å². The largest absolute Gasteiger partial charge is 0.480 e. The Bertz CT molecular complexity index is 408. The van der Waals surface area contributed by atoms with Crippen LogP contribution in [0.1, 0.15) is 6.92 Å². The van der Waals surface area contributed by atoms with Crippen molar-refractivity contribution in [2.45, 2.75) is 17.9 Å². The van der Waals surface area contributed by atoms with Gasteiger partial charge in [-0.2, -0.15) is 0 Å². The van der Waals surface area contributed by atoms with Crippen LogP contribution in [0.15, 0.2) is 29.2 Å². The summed E-state index contributed by atoms with van der Waals surface area (Å²) in [6, 6.07) is 6.20.